The molecule has 0 spiro atoms. The van der Waals surface area contributed by atoms with E-state index in [9.17, 15) is 9.59 Å². The number of likely N-dealkylation sites (tertiary alicyclic amines) is 1. The van der Waals surface area contributed by atoms with Gasteiger partial charge in [-0.05, 0) is 30.6 Å². The number of piperidine rings is 1. The van der Waals surface area contributed by atoms with E-state index in [0.29, 0.717) is 5.92 Å². The summed E-state index contributed by atoms with van der Waals surface area (Å²) in [6.45, 7) is 5.60. The number of carbonyl (C=O) groups excluding carboxylic acids is 2. The molecule has 5 heteroatoms. The highest BCUT2D eigenvalue weighted by atomic mass is 16.2. The summed E-state index contributed by atoms with van der Waals surface area (Å²) in [5.74, 6) is 1.36. The van der Waals surface area contributed by atoms with Crippen LogP contribution >= 0.6 is 0 Å². The van der Waals surface area contributed by atoms with E-state index in [0.717, 1.165) is 25.4 Å². The maximum absolute atomic E-state index is 12.2. The number of rotatable bonds is 4. The number of carbonyl (C=O) groups is 2. The average molecular weight is 295 g/mol. The first-order valence-electron chi connectivity index (χ1n) is 8.30. The van der Waals surface area contributed by atoms with E-state index >= 15 is 0 Å². The highest BCUT2D eigenvalue weighted by Gasteiger charge is 2.32. The molecule has 2 rings (SSSR count). The molecule has 1 saturated carbocycles. The molecular formula is C16H29N3O2. The Morgan fingerprint density at radius 1 is 1.19 bits per heavy atom. The van der Waals surface area contributed by atoms with Crippen LogP contribution in [0, 0.1) is 17.8 Å². The predicted molar refractivity (Wildman–Crippen MR) is 82.5 cm³/mol. The first kappa shape index (κ1) is 16.3. The molecule has 1 heterocycles. The van der Waals surface area contributed by atoms with Gasteiger partial charge in [0.25, 0.3) is 0 Å². The number of fused-ring (bicyclic) bond motifs is 1. The molecule has 3 atom stereocenters. The van der Waals surface area contributed by atoms with Gasteiger partial charge >= 0.3 is 0 Å². The third-order valence-corrected chi connectivity index (χ3v) is 5.08. The standard InChI is InChI=1S/C16H29N3O2/c1-11(2)15(17)16(21)18-9-14(20)19-8-7-12-5-3-4-6-13(12)10-19/h11-13,15H,3-10,17H2,1-2H3,(H,18,21)/t12?,13?,15-/m0/s1. The molecule has 1 aliphatic heterocycles. The Morgan fingerprint density at radius 3 is 2.52 bits per heavy atom. The van der Waals surface area contributed by atoms with Gasteiger partial charge in [-0.15, -0.1) is 0 Å². The van der Waals surface area contributed by atoms with Crippen LogP contribution in [0.2, 0.25) is 0 Å². The van der Waals surface area contributed by atoms with Crippen molar-refractivity contribution in [2.24, 2.45) is 23.5 Å². The Bertz CT molecular complexity index is 384. The zero-order valence-corrected chi connectivity index (χ0v) is 13.3. The number of hydrogen-bond donors (Lipinski definition) is 2. The summed E-state index contributed by atoms with van der Waals surface area (Å²) >= 11 is 0. The highest BCUT2D eigenvalue weighted by molar-refractivity contribution is 5.87. The summed E-state index contributed by atoms with van der Waals surface area (Å²) in [5, 5.41) is 2.68. The number of nitrogens with two attached hydrogens (primary N) is 1. The quantitative estimate of drug-likeness (QED) is 0.816. The predicted octanol–water partition coefficient (Wildman–Crippen LogP) is 1.12. The van der Waals surface area contributed by atoms with Crippen LogP contribution in [0.5, 0.6) is 0 Å². The van der Waals surface area contributed by atoms with E-state index in [1.165, 1.54) is 25.7 Å². The molecular weight excluding hydrogens is 266 g/mol. The topological polar surface area (TPSA) is 75.4 Å². The maximum Gasteiger partial charge on any atom is 0.241 e. The van der Waals surface area contributed by atoms with Gasteiger partial charge < -0.3 is 16.0 Å². The van der Waals surface area contributed by atoms with E-state index in [4.69, 9.17) is 5.73 Å². The van der Waals surface area contributed by atoms with Crippen LogP contribution in [0.3, 0.4) is 0 Å². The largest absolute Gasteiger partial charge is 0.346 e. The Labute approximate surface area is 127 Å². The first-order chi connectivity index (χ1) is 9.99. The van der Waals surface area contributed by atoms with Gasteiger partial charge in [-0.2, -0.15) is 0 Å². The Hall–Kier alpha value is -1.10. The van der Waals surface area contributed by atoms with Gasteiger partial charge in [-0.3, -0.25) is 9.59 Å². The fourth-order valence-electron chi connectivity index (χ4n) is 3.52. The van der Waals surface area contributed by atoms with Crippen molar-refractivity contribution in [1.29, 1.82) is 0 Å². The SMILES string of the molecule is CC(C)[C@H](N)C(=O)NCC(=O)N1CCC2CCCCC2C1. The lowest BCUT2D eigenvalue weighted by atomic mass is 9.75. The summed E-state index contributed by atoms with van der Waals surface area (Å²) in [6.07, 6.45) is 6.34. The number of nitrogens with zero attached hydrogens (tertiary/aromatic N) is 1. The fraction of sp³-hybridized carbons (Fsp3) is 0.875. The normalized spacial score (nSPS) is 27.1. The van der Waals surface area contributed by atoms with Crippen molar-refractivity contribution >= 4 is 11.8 Å². The van der Waals surface area contributed by atoms with Crippen LogP contribution in [0.25, 0.3) is 0 Å². The minimum absolute atomic E-state index is 0.0309. The van der Waals surface area contributed by atoms with Crippen molar-refractivity contribution in [2.45, 2.75) is 52.0 Å². The first-order valence-corrected chi connectivity index (χ1v) is 8.30. The smallest absolute Gasteiger partial charge is 0.241 e. The van der Waals surface area contributed by atoms with E-state index in [1.807, 2.05) is 18.7 Å². The van der Waals surface area contributed by atoms with Crippen molar-refractivity contribution in [3.63, 3.8) is 0 Å². The summed E-state index contributed by atoms with van der Waals surface area (Å²) < 4.78 is 0. The molecule has 2 fully saturated rings. The van der Waals surface area contributed by atoms with Gasteiger partial charge in [0.1, 0.15) is 0 Å². The van der Waals surface area contributed by atoms with Gasteiger partial charge in [-0.25, -0.2) is 0 Å². The monoisotopic (exact) mass is 295 g/mol. The highest BCUT2D eigenvalue weighted by Crippen LogP contribution is 2.35. The second-order valence-corrected chi connectivity index (χ2v) is 6.92. The molecule has 0 aromatic carbocycles. The van der Waals surface area contributed by atoms with Gasteiger partial charge in [0.15, 0.2) is 0 Å². The third-order valence-electron chi connectivity index (χ3n) is 5.08. The van der Waals surface area contributed by atoms with E-state index in [-0.39, 0.29) is 24.3 Å². The Balaban J connectivity index is 1.77. The van der Waals surface area contributed by atoms with Gasteiger partial charge in [0.2, 0.25) is 11.8 Å². The zero-order valence-electron chi connectivity index (χ0n) is 13.3. The van der Waals surface area contributed by atoms with Gasteiger partial charge in [0, 0.05) is 13.1 Å². The lowest BCUT2D eigenvalue weighted by Crippen LogP contribution is -2.50. The Morgan fingerprint density at radius 2 is 1.86 bits per heavy atom. The molecule has 0 aromatic heterocycles. The number of hydrogen-bond acceptors (Lipinski definition) is 3. The molecule has 120 valence electrons. The van der Waals surface area contributed by atoms with Crippen molar-refractivity contribution in [2.75, 3.05) is 19.6 Å². The van der Waals surface area contributed by atoms with Crippen molar-refractivity contribution in [1.82, 2.24) is 10.2 Å². The zero-order chi connectivity index (χ0) is 15.4. The number of nitrogens with one attached hydrogen (secondary N) is 1. The van der Waals surface area contributed by atoms with Crippen LogP contribution in [0.4, 0.5) is 0 Å². The molecule has 1 saturated heterocycles. The molecule has 1 aliphatic carbocycles. The van der Waals surface area contributed by atoms with E-state index in [1.54, 1.807) is 0 Å². The molecule has 2 aliphatic rings. The maximum atomic E-state index is 12.2. The van der Waals surface area contributed by atoms with Crippen molar-refractivity contribution in [3.8, 4) is 0 Å². The second kappa shape index (κ2) is 7.25. The minimum Gasteiger partial charge on any atom is -0.346 e. The summed E-state index contributed by atoms with van der Waals surface area (Å²) in [4.78, 5) is 26.0. The van der Waals surface area contributed by atoms with E-state index < -0.39 is 6.04 Å². The third kappa shape index (κ3) is 4.19. The van der Waals surface area contributed by atoms with Gasteiger partial charge in [0.05, 0.1) is 12.6 Å². The molecule has 0 radical (unpaired) electrons. The molecule has 3 N–H and O–H groups in total. The lowest BCUT2D eigenvalue weighted by Gasteiger charge is -2.41. The van der Waals surface area contributed by atoms with Gasteiger partial charge in [-0.1, -0.05) is 33.1 Å². The number of amides is 2. The van der Waals surface area contributed by atoms with Crippen LogP contribution < -0.4 is 11.1 Å². The van der Waals surface area contributed by atoms with Crippen LogP contribution in [-0.2, 0) is 9.59 Å². The molecule has 0 bridgehead atoms. The molecule has 2 unspecified atom stereocenters. The Kier molecular flexibility index (Phi) is 5.62. The van der Waals surface area contributed by atoms with Crippen LogP contribution in [0.15, 0.2) is 0 Å². The van der Waals surface area contributed by atoms with E-state index in [2.05, 4.69) is 5.32 Å². The van der Waals surface area contributed by atoms with Crippen LogP contribution in [-0.4, -0.2) is 42.4 Å². The lowest BCUT2D eigenvalue weighted by molar-refractivity contribution is -0.135. The average Bonchev–Trinajstić information content (AvgIpc) is 2.50. The second-order valence-electron chi connectivity index (χ2n) is 6.92. The summed E-state index contributed by atoms with van der Waals surface area (Å²) in [5.41, 5.74) is 5.78. The molecule has 21 heavy (non-hydrogen) atoms. The summed E-state index contributed by atoms with van der Waals surface area (Å²) in [7, 11) is 0. The minimum atomic E-state index is -0.540. The molecule has 2 amide bonds. The molecule has 0 aromatic rings. The molecule has 5 nitrogen and oxygen atoms in total. The van der Waals surface area contributed by atoms with Crippen molar-refractivity contribution in [3.05, 3.63) is 0 Å². The van der Waals surface area contributed by atoms with Crippen LogP contribution in [0.1, 0.15) is 46.0 Å². The van der Waals surface area contributed by atoms with Crippen molar-refractivity contribution < 1.29 is 9.59 Å². The summed E-state index contributed by atoms with van der Waals surface area (Å²) in [6, 6.07) is -0.540. The fourth-order valence-corrected chi connectivity index (χ4v) is 3.52.